The molecule has 136 valence electrons. The lowest BCUT2D eigenvalue weighted by molar-refractivity contribution is -0.117. The Bertz CT molecular complexity index is 704. The third-order valence-electron chi connectivity index (χ3n) is 3.69. The summed E-state index contributed by atoms with van der Waals surface area (Å²) in [6.45, 7) is 9.56. The molecule has 0 spiro atoms. The summed E-state index contributed by atoms with van der Waals surface area (Å²) in [5.41, 5.74) is 1.85. The van der Waals surface area contributed by atoms with Gasteiger partial charge in [0.25, 0.3) is 0 Å². The van der Waals surface area contributed by atoms with Gasteiger partial charge in [-0.25, -0.2) is 0 Å². The number of likely N-dealkylation sites (N-methyl/N-ethyl adjacent to an activating group) is 1. The molecule has 0 aliphatic carbocycles. The van der Waals surface area contributed by atoms with Gasteiger partial charge in [0.1, 0.15) is 12.4 Å². The smallest absolute Gasteiger partial charge is 0.240 e. The standard InChI is InChI=1S/C19H27N3O3/c1-14-7-6-8-15(11-14)24-10-9-22(5)13-17(23)20-18-12-16(21-25-18)19(2,3)4/h6-8,11-12H,9-10,13H2,1-5H3,(H,20,23). The molecule has 2 aromatic rings. The maximum atomic E-state index is 12.1. The predicted molar refractivity (Wildman–Crippen MR) is 98.0 cm³/mol. The largest absolute Gasteiger partial charge is 0.492 e. The number of ether oxygens (including phenoxy) is 1. The van der Waals surface area contributed by atoms with Gasteiger partial charge in [-0.1, -0.05) is 38.1 Å². The van der Waals surface area contributed by atoms with Crippen molar-refractivity contribution in [3.8, 4) is 5.75 Å². The van der Waals surface area contributed by atoms with Crippen molar-refractivity contribution in [2.24, 2.45) is 0 Å². The summed E-state index contributed by atoms with van der Waals surface area (Å²) in [6, 6.07) is 9.67. The van der Waals surface area contributed by atoms with Crippen molar-refractivity contribution in [1.82, 2.24) is 10.1 Å². The van der Waals surface area contributed by atoms with Gasteiger partial charge in [-0.15, -0.1) is 0 Å². The summed E-state index contributed by atoms with van der Waals surface area (Å²) in [7, 11) is 1.88. The van der Waals surface area contributed by atoms with Crippen LogP contribution in [0.2, 0.25) is 0 Å². The summed E-state index contributed by atoms with van der Waals surface area (Å²) >= 11 is 0. The molecule has 6 heteroatoms. The number of carbonyl (C=O) groups is 1. The molecule has 1 heterocycles. The molecule has 6 nitrogen and oxygen atoms in total. The maximum Gasteiger partial charge on any atom is 0.240 e. The Kier molecular flexibility index (Phi) is 6.20. The van der Waals surface area contributed by atoms with Gasteiger partial charge in [0.2, 0.25) is 11.8 Å². The Labute approximate surface area is 149 Å². The zero-order chi connectivity index (χ0) is 18.4. The number of amides is 1. The monoisotopic (exact) mass is 345 g/mol. The molecule has 1 aromatic carbocycles. The number of aryl methyl sites for hydroxylation is 1. The molecule has 1 N–H and O–H groups in total. The van der Waals surface area contributed by atoms with Gasteiger partial charge in [-0.3, -0.25) is 15.0 Å². The molecule has 0 aliphatic heterocycles. The Morgan fingerprint density at radius 2 is 2.08 bits per heavy atom. The van der Waals surface area contributed by atoms with Crippen molar-refractivity contribution in [3.05, 3.63) is 41.6 Å². The summed E-state index contributed by atoms with van der Waals surface area (Å²) < 4.78 is 10.9. The van der Waals surface area contributed by atoms with Crippen molar-refractivity contribution in [2.45, 2.75) is 33.1 Å². The summed E-state index contributed by atoms with van der Waals surface area (Å²) in [5, 5.41) is 6.72. The van der Waals surface area contributed by atoms with Crippen LogP contribution < -0.4 is 10.1 Å². The van der Waals surface area contributed by atoms with Crippen LogP contribution in [0.15, 0.2) is 34.9 Å². The van der Waals surface area contributed by atoms with Crippen LogP contribution >= 0.6 is 0 Å². The second-order valence-electron chi connectivity index (χ2n) is 7.28. The third kappa shape index (κ3) is 6.23. The van der Waals surface area contributed by atoms with Crippen LogP contribution in [0.3, 0.4) is 0 Å². The van der Waals surface area contributed by atoms with E-state index in [1.54, 1.807) is 6.07 Å². The minimum atomic E-state index is -0.144. The highest BCUT2D eigenvalue weighted by Gasteiger charge is 2.19. The molecule has 0 fully saturated rings. The van der Waals surface area contributed by atoms with Gasteiger partial charge in [-0.05, 0) is 31.7 Å². The van der Waals surface area contributed by atoms with Gasteiger partial charge in [-0.2, -0.15) is 0 Å². The van der Waals surface area contributed by atoms with E-state index in [2.05, 4.69) is 10.5 Å². The predicted octanol–water partition coefficient (Wildman–Crippen LogP) is 3.23. The van der Waals surface area contributed by atoms with Crippen LogP contribution in [-0.2, 0) is 10.2 Å². The number of carbonyl (C=O) groups excluding carboxylic acids is 1. The number of rotatable bonds is 7. The van der Waals surface area contributed by atoms with Crippen LogP contribution in [0.5, 0.6) is 5.75 Å². The van der Waals surface area contributed by atoms with Crippen molar-refractivity contribution < 1.29 is 14.1 Å². The minimum Gasteiger partial charge on any atom is -0.492 e. The molecular formula is C19H27N3O3. The van der Waals surface area contributed by atoms with Crippen molar-refractivity contribution in [1.29, 1.82) is 0 Å². The minimum absolute atomic E-state index is 0.115. The van der Waals surface area contributed by atoms with Gasteiger partial charge in [0, 0.05) is 18.0 Å². The number of anilines is 1. The molecule has 0 bridgehead atoms. The summed E-state index contributed by atoms with van der Waals surface area (Å²) in [6.07, 6.45) is 0. The molecule has 1 aromatic heterocycles. The highest BCUT2D eigenvalue weighted by molar-refractivity contribution is 5.90. The number of nitrogens with one attached hydrogen (secondary N) is 1. The lowest BCUT2D eigenvalue weighted by Crippen LogP contribution is -2.33. The number of nitrogens with zero attached hydrogens (tertiary/aromatic N) is 2. The molecule has 1 amide bonds. The molecule has 0 saturated heterocycles. The van der Waals surface area contributed by atoms with E-state index in [1.807, 2.05) is 63.9 Å². The van der Waals surface area contributed by atoms with E-state index in [0.29, 0.717) is 19.0 Å². The Balaban J connectivity index is 1.73. The van der Waals surface area contributed by atoms with Crippen LogP contribution in [0.1, 0.15) is 32.0 Å². The Hall–Kier alpha value is -2.34. The Morgan fingerprint density at radius 1 is 1.32 bits per heavy atom. The average molecular weight is 345 g/mol. The second-order valence-corrected chi connectivity index (χ2v) is 7.28. The van der Waals surface area contributed by atoms with E-state index in [-0.39, 0.29) is 17.9 Å². The Morgan fingerprint density at radius 3 is 2.72 bits per heavy atom. The van der Waals surface area contributed by atoms with E-state index in [9.17, 15) is 4.79 Å². The third-order valence-corrected chi connectivity index (χ3v) is 3.69. The van der Waals surface area contributed by atoms with E-state index >= 15 is 0 Å². The van der Waals surface area contributed by atoms with Gasteiger partial charge in [0.05, 0.1) is 12.2 Å². The van der Waals surface area contributed by atoms with Gasteiger partial charge < -0.3 is 9.26 Å². The average Bonchev–Trinajstić information content (AvgIpc) is 2.95. The van der Waals surface area contributed by atoms with Crippen LogP contribution in [0.4, 0.5) is 5.88 Å². The first-order valence-electron chi connectivity index (χ1n) is 8.39. The van der Waals surface area contributed by atoms with Gasteiger partial charge >= 0.3 is 0 Å². The molecule has 0 saturated carbocycles. The van der Waals surface area contributed by atoms with Gasteiger partial charge in [0.15, 0.2) is 0 Å². The summed E-state index contributed by atoms with van der Waals surface area (Å²) in [4.78, 5) is 14.0. The van der Waals surface area contributed by atoms with E-state index in [4.69, 9.17) is 9.26 Å². The fourth-order valence-electron chi connectivity index (χ4n) is 2.21. The zero-order valence-corrected chi connectivity index (χ0v) is 15.6. The maximum absolute atomic E-state index is 12.1. The molecule has 0 radical (unpaired) electrons. The number of benzene rings is 1. The molecule has 0 unspecified atom stereocenters. The normalized spacial score (nSPS) is 11.6. The zero-order valence-electron chi connectivity index (χ0n) is 15.6. The van der Waals surface area contributed by atoms with Crippen LogP contribution in [-0.4, -0.2) is 42.7 Å². The highest BCUT2D eigenvalue weighted by Crippen LogP contribution is 2.23. The first kappa shape index (κ1) is 19.0. The second kappa shape index (κ2) is 8.16. The van der Waals surface area contributed by atoms with E-state index < -0.39 is 0 Å². The number of aromatic nitrogens is 1. The van der Waals surface area contributed by atoms with E-state index in [1.165, 1.54) is 0 Å². The topological polar surface area (TPSA) is 67.6 Å². The number of hydrogen-bond acceptors (Lipinski definition) is 5. The van der Waals surface area contributed by atoms with E-state index in [0.717, 1.165) is 17.0 Å². The lowest BCUT2D eigenvalue weighted by Gasteiger charge is -2.16. The van der Waals surface area contributed by atoms with Crippen LogP contribution in [0.25, 0.3) is 0 Å². The fourth-order valence-corrected chi connectivity index (χ4v) is 2.21. The lowest BCUT2D eigenvalue weighted by atomic mass is 9.92. The van der Waals surface area contributed by atoms with Crippen molar-refractivity contribution in [3.63, 3.8) is 0 Å². The number of hydrogen-bond donors (Lipinski definition) is 1. The van der Waals surface area contributed by atoms with Crippen molar-refractivity contribution in [2.75, 3.05) is 32.1 Å². The molecule has 25 heavy (non-hydrogen) atoms. The molecule has 0 atom stereocenters. The SMILES string of the molecule is Cc1cccc(OCCN(C)CC(=O)Nc2cc(C(C)(C)C)no2)c1. The first-order chi connectivity index (χ1) is 11.7. The highest BCUT2D eigenvalue weighted by atomic mass is 16.5. The first-order valence-corrected chi connectivity index (χ1v) is 8.39. The molecule has 0 aliphatic rings. The quantitative estimate of drug-likeness (QED) is 0.834. The van der Waals surface area contributed by atoms with Crippen LogP contribution in [0, 0.1) is 6.92 Å². The summed E-state index contributed by atoms with van der Waals surface area (Å²) in [5.74, 6) is 1.07. The molecular weight excluding hydrogens is 318 g/mol. The fraction of sp³-hybridized carbons (Fsp3) is 0.474. The van der Waals surface area contributed by atoms with Crippen molar-refractivity contribution >= 4 is 11.8 Å². The molecule has 2 rings (SSSR count).